The molecule has 0 bridgehead atoms. The normalized spacial score (nSPS) is 11.3. The molecule has 0 heterocycles. The smallest absolute Gasteiger partial charge is 0.241 e. The van der Waals surface area contributed by atoms with E-state index in [1.54, 1.807) is 18.2 Å². The van der Waals surface area contributed by atoms with Crippen LogP contribution in [0.2, 0.25) is 10.0 Å². The Bertz CT molecular complexity index is 952. The Morgan fingerprint density at radius 3 is 2.19 bits per heavy atom. The van der Waals surface area contributed by atoms with Gasteiger partial charge in [-0.05, 0) is 49.6 Å². The molecule has 27 heavy (non-hydrogen) atoms. The predicted octanol–water partition coefficient (Wildman–Crippen LogP) is 4.00. The molecule has 2 aromatic rings. The van der Waals surface area contributed by atoms with Gasteiger partial charge in [0.1, 0.15) is 6.54 Å². The largest absolute Gasteiger partial charge is 0.350 e. The number of rotatable bonds is 6. The number of nitrogens with one attached hydrogen (secondary N) is 1. The second-order valence-corrected chi connectivity index (χ2v) is 9.28. The second kappa shape index (κ2) is 8.50. The van der Waals surface area contributed by atoms with Crippen LogP contribution in [-0.2, 0) is 21.4 Å². The standard InChI is InChI=1S/C19H22Cl2N2O3S/c1-12-7-13(2)19(14(3)8-12)23(27(4,25)26)11-18(24)22-10-15-5-6-16(20)9-17(15)21/h5-9H,10-11H2,1-4H3,(H,22,24). The number of halogens is 2. The lowest BCUT2D eigenvalue weighted by molar-refractivity contribution is -0.119. The van der Waals surface area contributed by atoms with Crippen molar-refractivity contribution in [3.05, 3.63) is 62.6 Å². The maximum Gasteiger partial charge on any atom is 0.241 e. The number of nitrogens with zero attached hydrogens (tertiary/aromatic N) is 1. The van der Waals surface area contributed by atoms with Gasteiger partial charge in [0.25, 0.3) is 0 Å². The summed E-state index contributed by atoms with van der Waals surface area (Å²) in [4.78, 5) is 12.4. The molecule has 0 atom stereocenters. The van der Waals surface area contributed by atoms with Gasteiger partial charge in [0, 0.05) is 16.6 Å². The average molecular weight is 429 g/mol. The number of hydrogen-bond donors (Lipinski definition) is 1. The zero-order valence-electron chi connectivity index (χ0n) is 15.6. The van der Waals surface area contributed by atoms with E-state index in [1.807, 2.05) is 32.9 Å². The number of hydrogen-bond acceptors (Lipinski definition) is 3. The lowest BCUT2D eigenvalue weighted by atomic mass is 10.1. The predicted molar refractivity (Wildman–Crippen MR) is 111 cm³/mol. The van der Waals surface area contributed by atoms with Gasteiger partial charge in [-0.25, -0.2) is 8.42 Å². The van der Waals surface area contributed by atoms with Crippen molar-refractivity contribution < 1.29 is 13.2 Å². The maximum absolute atomic E-state index is 12.4. The van der Waals surface area contributed by atoms with Crippen molar-refractivity contribution in [2.24, 2.45) is 0 Å². The van der Waals surface area contributed by atoms with Crippen molar-refractivity contribution >= 4 is 44.8 Å². The van der Waals surface area contributed by atoms with E-state index in [1.165, 1.54) is 0 Å². The van der Waals surface area contributed by atoms with Gasteiger partial charge < -0.3 is 5.32 Å². The van der Waals surface area contributed by atoms with Crippen molar-refractivity contribution in [1.29, 1.82) is 0 Å². The molecule has 0 saturated carbocycles. The maximum atomic E-state index is 12.4. The van der Waals surface area contributed by atoms with E-state index in [0.717, 1.165) is 27.3 Å². The first-order valence-electron chi connectivity index (χ1n) is 8.25. The summed E-state index contributed by atoms with van der Waals surface area (Å²) in [5, 5.41) is 3.65. The summed E-state index contributed by atoms with van der Waals surface area (Å²) in [7, 11) is -3.64. The van der Waals surface area contributed by atoms with E-state index in [-0.39, 0.29) is 13.1 Å². The Hall–Kier alpha value is -1.76. The van der Waals surface area contributed by atoms with Crippen LogP contribution in [0.1, 0.15) is 22.3 Å². The van der Waals surface area contributed by atoms with E-state index < -0.39 is 15.9 Å². The van der Waals surface area contributed by atoms with Crippen molar-refractivity contribution in [3.8, 4) is 0 Å². The Balaban J connectivity index is 2.21. The summed E-state index contributed by atoms with van der Waals surface area (Å²) >= 11 is 12.0. The number of carbonyl (C=O) groups excluding carboxylic acids is 1. The SMILES string of the molecule is Cc1cc(C)c(N(CC(=O)NCc2ccc(Cl)cc2Cl)S(C)(=O)=O)c(C)c1. The zero-order chi connectivity index (χ0) is 20.4. The molecule has 0 aliphatic heterocycles. The zero-order valence-corrected chi connectivity index (χ0v) is 18.0. The molecule has 0 fully saturated rings. The molecule has 0 unspecified atom stereocenters. The number of carbonyl (C=O) groups is 1. The Kier molecular flexibility index (Phi) is 6.78. The highest BCUT2D eigenvalue weighted by Crippen LogP contribution is 2.28. The van der Waals surface area contributed by atoms with Crippen LogP contribution < -0.4 is 9.62 Å². The average Bonchev–Trinajstić information content (AvgIpc) is 2.51. The minimum absolute atomic E-state index is 0.179. The lowest BCUT2D eigenvalue weighted by Gasteiger charge is -2.26. The lowest BCUT2D eigenvalue weighted by Crippen LogP contribution is -2.40. The molecule has 5 nitrogen and oxygen atoms in total. The fourth-order valence-corrected chi connectivity index (χ4v) is 4.42. The molecule has 146 valence electrons. The molecule has 2 rings (SSSR count). The number of anilines is 1. The first kappa shape index (κ1) is 21.5. The minimum Gasteiger partial charge on any atom is -0.350 e. The van der Waals surface area contributed by atoms with E-state index in [4.69, 9.17) is 23.2 Å². The number of aryl methyl sites for hydroxylation is 3. The highest BCUT2D eigenvalue weighted by atomic mass is 35.5. The number of amides is 1. The first-order valence-corrected chi connectivity index (χ1v) is 10.9. The van der Waals surface area contributed by atoms with E-state index >= 15 is 0 Å². The molecule has 8 heteroatoms. The molecule has 0 aliphatic rings. The van der Waals surface area contributed by atoms with Gasteiger partial charge >= 0.3 is 0 Å². The molecule has 1 N–H and O–H groups in total. The van der Waals surface area contributed by atoms with Gasteiger partial charge in [0.15, 0.2) is 0 Å². The molecule has 0 spiro atoms. The Morgan fingerprint density at radius 2 is 1.67 bits per heavy atom. The highest BCUT2D eigenvalue weighted by molar-refractivity contribution is 7.92. The fraction of sp³-hybridized carbons (Fsp3) is 0.316. The summed E-state index contributed by atoms with van der Waals surface area (Å²) < 4.78 is 25.8. The van der Waals surface area contributed by atoms with Gasteiger partial charge in [-0.2, -0.15) is 0 Å². The molecular weight excluding hydrogens is 407 g/mol. The molecule has 2 aromatic carbocycles. The topological polar surface area (TPSA) is 66.5 Å². The van der Waals surface area contributed by atoms with Crippen LogP contribution in [0.25, 0.3) is 0 Å². The monoisotopic (exact) mass is 428 g/mol. The van der Waals surface area contributed by atoms with Gasteiger partial charge in [-0.15, -0.1) is 0 Å². The molecule has 0 aromatic heterocycles. The van der Waals surface area contributed by atoms with Crippen molar-refractivity contribution in [3.63, 3.8) is 0 Å². The summed E-state index contributed by atoms with van der Waals surface area (Å²) in [5.41, 5.74) is 3.85. The van der Waals surface area contributed by atoms with Gasteiger partial charge in [-0.3, -0.25) is 9.10 Å². The van der Waals surface area contributed by atoms with Crippen LogP contribution in [0.15, 0.2) is 30.3 Å². The summed E-state index contributed by atoms with van der Waals surface area (Å²) in [6.45, 7) is 5.47. The van der Waals surface area contributed by atoms with Gasteiger partial charge in [-0.1, -0.05) is 47.0 Å². The Labute approximate surface area is 170 Å². The van der Waals surface area contributed by atoms with Gasteiger partial charge in [0.05, 0.1) is 11.9 Å². The van der Waals surface area contributed by atoms with E-state index in [2.05, 4.69) is 5.32 Å². The van der Waals surface area contributed by atoms with Crippen molar-refractivity contribution in [2.75, 3.05) is 17.1 Å². The summed E-state index contributed by atoms with van der Waals surface area (Å²) in [6.07, 6.45) is 1.09. The summed E-state index contributed by atoms with van der Waals surface area (Å²) in [6, 6.07) is 8.77. The van der Waals surface area contributed by atoms with Crippen LogP contribution in [-0.4, -0.2) is 27.1 Å². The van der Waals surface area contributed by atoms with E-state index in [9.17, 15) is 13.2 Å². The number of sulfonamides is 1. The van der Waals surface area contributed by atoms with Crippen LogP contribution in [0.5, 0.6) is 0 Å². The van der Waals surface area contributed by atoms with Gasteiger partial charge in [0.2, 0.25) is 15.9 Å². The second-order valence-electron chi connectivity index (χ2n) is 6.53. The first-order chi connectivity index (χ1) is 12.5. The third-order valence-corrected chi connectivity index (χ3v) is 5.76. The third-order valence-electron chi connectivity index (χ3n) is 4.06. The minimum atomic E-state index is -3.64. The summed E-state index contributed by atoms with van der Waals surface area (Å²) in [5.74, 6) is -0.425. The molecule has 1 amide bonds. The van der Waals surface area contributed by atoms with Crippen LogP contribution in [0.3, 0.4) is 0 Å². The van der Waals surface area contributed by atoms with Crippen LogP contribution in [0.4, 0.5) is 5.69 Å². The molecule has 0 aliphatic carbocycles. The quantitative estimate of drug-likeness (QED) is 0.755. The van der Waals surface area contributed by atoms with Crippen LogP contribution in [0, 0.1) is 20.8 Å². The highest BCUT2D eigenvalue weighted by Gasteiger charge is 2.24. The van der Waals surface area contributed by atoms with E-state index in [0.29, 0.717) is 21.3 Å². The van der Waals surface area contributed by atoms with Crippen molar-refractivity contribution in [1.82, 2.24) is 5.32 Å². The molecule has 0 saturated heterocycles. The number of benzene rings is 2. The Morgan fingerprint density at radius 1 is 1.07 bits per heavy atom. The van der Waals surface area contributed by atoms with Crippen LogP contribution >= 0.6 is 23.2 Å². The third kappa shape index (κ3) is 5.61. The van der Waals surface area contributed by atoms with Crippen molar-refractivity contribution in [2.45, 2.75) is 27.3 Å². The molecule has 0 radical (unpaired) electrons. The molecular formula is C19H22Cl2N2O3S. The fourth-order valence-electron chi connectivity index (χ4n) is 2.97.